The second-order valence-electron chi connectivity index (χ2n) is 4.57. The lowest BCUT2D eigenvalue weighted by molar-refractivity contribution is 0.937. The van der Waals surface area contributed by atoms with Crippen molar-refractivity contribution in [2.24, 2.45) is 0 Å². The van der Waals surface area contributed by atoms with Crippen molar-refractivity contribution in [2.75, 3.05) is 0 Å². The maximum absolute atomic E-state index is 12.4. The Hall–Kier alpha value is -1.83. The summed E-state index contributed by atoms with van der Waals surface area (Å²) >= 11 is 6.35. The van der Waals surface area contributed by atoms with Crippen LogP contribution in [-0.2, 0) is 0 Å². The van der Waals surface area contributed by atoms with Gasteiger partial charge in [-0.2, -0.15) is 9.50 Å². The van der Waals surface area contributed by atoms with E-state index in [1.54, 1.807) is 11.3 Å². The van der Waals surface area contributed by atoms with Gasteiger partial charge in [-0.05, 0) is 29.7 Å². The van der Waals surface area contributed by atoms with Gasteiger partial charge in [-0.3, -0.25) is 4.79 Å². The fraction of sp³-hybridized carbons (Fsp3) is 0. The Morgan fingerprint density at radius 3 is 2.68 bits per heavy atom. The minimum Gasteiger partial charge on any atom is -0.266 e. The van der Waals surface area contributed by atoms with Gasteiger partial charge in [0.15, 0.2) is 5.82 Å². The highest BCUT2D eigenvalue weighted by Crippen LogP contribution is 2.19. The maximum atomic E-state index is 12.4. The summed E-state index contributed by atoms with van der Waals surface area (Å²) < 4.78 is 3.02. The van der Waals surface area contributed by atoms with Crippen LogP contribution in [0.15, 0.2) is 51.0 Å². The lowest BCUT2D eigenvalue weighted by Gasteiger charge is -1.94. The van der Waals surface area contributed by atoms with Gasteiger partial charge in [0, 0.05) is 14.9 Å². The van der Waals surface area contributed by atoms with Crippen molar-refractivity contribution in [3.8, 4) is 11.4 Å². The van der Waals surface area contributed by atoms with Crippen molar-refractivity contribution in [3.05, 3.63) is 66.0 Å². The highest BCUT2D eigenvalue weighted by Gasteiger charge is 2.11. The second-order valence-corrected chi connectivity index (χ2v) is 7.47. The molecule has 4 rings (SSSR count). The van der Waals surface area contributed by atoms with Crippen LogP contribution in [0.5, 0.6) is 0 Å². The number of rotatable bonds is 2. The summed E-state index contributed by atoms with van der Waals surface area (Å²) in [5.41, 5.74) is 0.770. The number of benzene rings is 1. The number of halogens is 1. The first-order valence-corrected chi connectivity index (χ1v) is 8.90. The van der Waals surface area contributed by atoms with Crippen LogP contribution in [0.2, 0.25) is 0 Å². The van der Waals surface area contributed by atoms with Crippen molar-refractivity contribution >= 4 is 49.6 Å². The molecular weight excluding hydrogens is 382 g/mol. The highest BCUT2D eigenvalue weighted by atomic mass is 79.9. The number of hydrogen-bond donors (Lipinski definition) is 0. The molecule has 0 N–H and O–H groups in total. The number of fused-ring (bicyclic) bond motifs is 1. The topological polar surface area (TPSA) is 47.3 Å². The molecule has 0 amide bonds. The van der Waals surface area contributed by atoms with E-state index in [2.05, 4.69) is 26.0 Å². The van der Waals surface area contributed by atoms with E-state index in [0.717, 1.165) is 14.9 Å². The molecule has 0 aliphatic rings. The summed E-state index contributed by atoms with van der Waals surface area (Å²) in [5.74, 6) is 0.568. The fourth-order valence-corrected chi connectivity index (χ4v) is 3.95. The normalized spacial score (nSPS) is 12.3. The monoisotopic (exact) mass is 389 g/mol. The Labute approximate surface area is 141 Å². The molecule has 4 aromatic rings. The van der Waals surface area contributed by atoms with E-state index >= 15 is 0 Å². The Bertz CT molecular complexity index is 1050. The molecule has 0 radical (unpaired) electrons. The summed E-state index contributed by atoms with van der Waals surface area (Å²) in [7, 11) is 0. The number of aromatic nitrogens is 3. The number of nitrogens with zero attached hydrogens (tertiary/aromatic N) is 3. The Kier molecular flexibility index (Phi) is 3.40. The first kappa shape index (κ1) is 13.8. The van der Waals surface area contributed by atoms with E-state index in [1.807, 2.05) is 47.9 Å². The average molecular weight is 390 g/mol. The van der Waals surface area contributed by atoms with E-state index in [-0.39, 0.29) is 5.56 Å². The lowest BCUT2D eigenvalue weighted by Crippen LogP contribution is -2.23. The minimum atomic E-state index is -0.121. The van der Waals surface area contributed by atoms with Crippen LogP contribution in [-0.4, -0.2) is 14.6 Å². The SMILES string of the molecule is O=c1/c(=C\c2cccs2)sc2nc(-c3ccc(Br)cc3)nn12. The third-order valence-electron chi connectivity index (χ3n) is 3.10. The summed E-state index contributed by atoms with van der Waals surface area (Å²) in [6.07, 6.45) is 1.88. The van der Waals surface area contributed by atoms with Crippen LogP contribution in [0.1, 0.15) is 4.88 Å². The third kappa shape index (κ3) is 2.41. The second kappa shape index (κ2) is 5.42. The molecule has 4 nitrogen and oxygen atoms in total. The predicted molar refractivity (Wildman–Crippen MR) is 93.4 cm³/mol. The molecule has 1 aromatic carbocycles. The van der Waals surface area contributed by atoms with Gasteiger partial charge in [0.1, 0.15) is 0 Å². The van der Waals surface area contributed by atoms with Gasteiger partial charge >= 0.3 is 0 Å². The number of thiophene rings is 1. The summed E-state index contributed by atoms with van der Waals surface area (Å²) in [6, 6.07) is 11.6. The molecule has 0 fully saturated rings. The van der Waals surface area contributed by atoms with Gasteiger partial charge in [-0.15, -0.1) is 16.4 Å². The van der Waals surface area contributed by atoms with Crippen LogP contribution in [0.3, 0.4) is 0 Å². The van der Waals surface area contributed by atoms with Crippen LogP contribution < -0.4 is 10.1 Å². The molecule has 0 saturated heterocycles. The highest BCUT2D eigenvalue weighted by molar-refractivity contribution is 9.10. The number of hydrogen-bond acceptors (Lipinski definition) is 5. The summed E-state index contributed by atoms with van der Waals surface area (Å²) in [4.78, 5) is 18.5. The first-order chi connectivity index (χ1) is 10.7. The third-order valence-corrected chi connectivity index (χ3v) is 5.41. The molecule has 3 aromatic heterocycles. The Morgan fingerprint density at radius 1 is 1.18 bits per heavy atom. The largest absolute Gasteiger partial charge is 0.291 e. The van der Waals surface area contributed by atoms with E-state index in [4.69, 9.17) is 0 Å². The quantitative estimate of drug-likeness (QED) is 0.528. The van der Waals surface area contributed by atoms with Crippen LogP contribution in [0, 0.1) is 0 Å². The van der Waals surface area contributed by atoms with Gasteiger partial charge in [0.2, 0.25) is 4.96 Å². The standard InChI is InChI=1S/C15H8BrN3OS2/c16-10-5-3-9(4-6-10)13-17-15-19(18-13)14(20)12(22-15)8-11-2-1-7-21-11/h1-8H/b12-8+. The van der Waals surface area contributed by atoms with E-state index < -0.39 is 0 Å². The summed E-state index contributed by atoms with van der Waals surface area (Å²) in [5, 5.41) is 6.32. The molecule has 0 bridgehead atoms. The molecule has 7 heteroatoms. The molecule has 0 aliphatic carbocycles. The molecule has 0 saturated carbocycles. The van der Waals surface area contributed by atoms with Crippen molar-refractivity contribution in [2.45, 2.75) is 0 Å². The van der Waals surface area contributed by atoms with Gasteiger partial charge < -0.3 is 0 Å². The Balaban J connectivity index is 1.84. The molecular formula is C15H8BrN3OS2. The van der Waals surface area contributed by atoms with Crippen LogP contribution in [0.4, 0.5) is 0 Å². The van der Waals surface area contributed by atoms with Gasteiger partial charge in [0.05, 0.1) is 4.53 Å². The van der Waals surface area contributed by atoms with Crippen molar-refractivity contribution in [1.82, 2.24) is 14.6 Å². The Morgan fingerprint density at radius 2 is 2.00 bits per heavy atom. The van der Waals surface area contributed by atoms with Crippen molar-refractivity contribution < 1.29 is 0 Å². The van der Waals surface area contributed by atoms with Crippen molar-refractivity contribution in [3.63, 3.8) is 0 Å². The van der Waals surface area contributed by atoms with Crippen LogP contribution >= 0.6 is 38.6 Å². The minimum absolute atomic E-state index is 0.121. The number of thiazole rings is 1. The fourth-order valence-electron chi connectivity index (χ4n) is 2.06. The molecule has 0 aliphatic heterocycles. The molecule has 0 atom stereocenters. The van der Waals surface area contributed by atoms with Gasteiger partial charge in [-0.25, -0.2) is 0 Å². The van der Waals surface area contributed by atoms with Gasteiger partial charge in [0.25, 0.3) is 5.56 Å². The van der Waals surface area contributed by atoms with E-state index in [0.29, 0.717) is 15.3 Å². The smallest absolute Gasteiger partial charge is 0.266 e. The zero-order valence-electron chi connectivity index (χ0n) is 11.1. The first-order valence-electron chi connectivity index (χ1n) is 6.41. The maximum Gasteiger partial charge on any atom is 0.291 e. The molecule has 22 heavy (non-hydrogen) atoms. The van der Waals surface area contributed by atoms with E-state index in [9.17, 15) is 4.79 Å². The summed E-state index contributed by atoms with van der Waals surface area (Å²) in [6.45, 7) is 0. The average Bonchev–Trinajstić information content (AvgIpc) is 3.21. The van der Waals surface area contributed by atoms with Gasteiger partial charge in [-0.1, -0.05) is 45.5 Å². The molecule has 0 spiro atoms. The van der Waals surface area contributed by atoms with E-state index in [1.165, 1.54) is 15.9 Å². The molecule has 3 heterocycles. The molecule has 108 valence electrons. The predicted octanol–water partition coefficient (Wildman–Crippen LogP) is 3.19. The van der Waals surface area contributed by atoms with Crippen LogP contribution in [0.25, 0.3) is 22.4 Å². The lowest BCUT2D eigenvalue weighted by atomic mass is 10.2. The zero-order valence-corrected chi connectivity index (χ0v) is 14.3. The molecule has 0 unspecified atom stereocenters. The zero-order chi connectivity index (χ0) is 15.1. The van der Waals surface area contributed by atoms with Crippen molar-refractivity contribution in [1.29, 1.82) is 0 Å².